The van der Waals surface area contributed by atoms with Crippen LogP contribution in [0.15, 0.2) is 35.0 Å². The summed E-state index contributed by atoms with van der Waals surface area (Å²) in [5.41, 5.74) is 1.30. The molecule has 0 atom stereocenters. The molecule has 1 aromatic carbocycles. The van der Waals surface area contributed by atoms with E-state index in [1.54, 1.807) is 22.9 Å². The zero-order chi connectivity index (χ0) is 14.1. The molecule has 3 aromatic rings. The predicted octanol–water partition coefficient (Wildman–Crippen LogP) is 3.93. The average molecular weight is 309 g/mol. The molecule has 3 rings (SSSR count). The van der Waals surface area contributed by atoms with Gasteiger partial charge in [0.25, 0.3) is 5.89 Å². The van der Waals surface area contributed by atoms with Gasteiger partial charge in [-0.3, -0.25) is 4.68 Å². The summed E-state index contributed by atoms with van der Waals surface area (Å²) in [5.74, 6) is 0.769. The van der Waals surface area contributed by atoms with Crippen molar-refractivity contribution >= 4 is 23.2 Å². The van der Waals surface area contributed by atoms with Crippen LogP contribution in [-0.2, 0) is 6.54 Å². The van der Waals surface area contributed by atoms with Gasteiger partial charge in [0, 0.05) is 23.3 Å². The van der Waals surface area contributed by atoms with Crippen LogP contribution in [0, 0.1) is 0 Å². The molecule has 0 bridgehead atoms. The van der Waals surface area contributed by atoms with Crippen molar-refractivity contribution < 1.29 is 4.52 Å². The number of aromatic nitrogens is 4. The lowest BCUT2D eigenvalue weighted by molar-refractivity contribution is 0.430. The number of nitrogens with zero attached hydrogens (tertiary/aromatic N) is 4. The SMILES string of the molecule is CCn1ccc(-c2nc(-c3ccc(Cl)cc3Cl)no2)n1. The summed E-state index contributed by atoms with van der Waals surface area (Å²) in [4.78, 5) is 4.31. The van der Waals surface area contributed by atoms with Gasteiger partial charge in [0.05, 0.1) is 5.02 Å². The molecule has 2 heterocycles. The number of aryl methyl sites for hydroxylation is 1. The minimum atomic E-state index is 0.359. The van der Waals surface area contributed by atoms with Gasteiger partial charge >= 0.3 is 0 Å². The molecule has 0 aliphatic heterocycles. The highest BCUT2D eigenvalue weighted by molar-refractivity contribution is 6.36. The maximum atomic E-state index is 6.12. The average Bonchev–Trinajstić information content (AvgIpc) is 3.07. The summed E-state index contributed by atoms with van der Waals surface area (Å²) < 4.78 is 7.01. The molecule has 2 aromatic heterocycles. The lowest BCUT2D eigenvalue weighted by Crippen LogP contribution is -1.93. The Labute approximate surface area is 125 Å². The second-order valence-corrected chi connectivity index (χ2v) is 4.95. The van der Waals surface area contributed by atoms with Crippen LogP contribution in [0.5, 0.6) is 0 Å². The quantitative estimate of drug-likeness (QED) is 0.735. The standard InChI is InChI=1S/C13H10Cl2N4O/c1-2-19-6-5-11(17-19)13-16-12(18-20-13)9-4-3-8(14)7-10(9)15/h3-7H,2H2,1H3. The maximum Gasteiger partial charge on any atom is 0.278 e. The summed E-state index contributed by atoms with van der Waals surface area (Å²) in [5, 5.41) is 9.27. The highest BCUT2D eigenvalue weighted by Crippen LogP contribution is 2.29. The molecule has 0 aliphatic rings. The second-order valence-electron chi connectivity index (χ2n) is 4.10. The highest BCUT2D eigenvalue weighted by Gasteiger charge is 2.15. The minimum absolute atomic E-state index is 0.359. The third-order valence-corrected chi connectivity index (χ3v) is 3.33. The molecule has 0 aliphatic carbocycles. The molecule has 7 heteroatoms. The van der Waals surface area contributed by atoms with Gasteiger partial charge in [-0.05, 0) is 31.2 Å². The van der Waals surface area contributed by atoms with Crippen LogP contribution in [0.25, 0.3) is 23.0 Å². The Hall–Kier alpha value is -1.85. The Balaban J connectivity index is 1.97. The lowest BCUT2D eigenvalue weighted by Gasteiger charge is -1.98. The van der Waals surface area contributed by atoms with Crippen molar-refractivity contribution in [3.8, 4) is 23.0 Å². The van der Waals surface area contributed by atoms with Gasteiger partial charge in [-0.2, -0.15) is 10.1 Å². The number of hydrogen-bond acceptors (Lipinski definition) is 4. The normalized spacial score (nSPS) is 10.9. The van der Waals surface area contributed by atoms with Crippen LogP contribution in [0.4, 0.5) is 0 Å². The van der Waals surface area contributed by atoms with E-state index >= 15 is 0 Å². The van der Waals surface area contributed by atoms with E-state index in [1.165, 1.54) is 0 Å². The molecule has 0 fully saturated rings. The summed E-state index contributed by atoms with van der Waals surface area (Å²) in [6.45, 7) is 2.79. The smallest absolute Gasteiger partial charge is 0.278 e. The molecule has 0 amide bonds. The van der Waals surface area contributed by atoms with E-state index in [4.69, 9.17) is 27.7 Å². The van der Waals surface area contributed by atoms with Crippen LogP contribution in [-0.4, -0.2) is 19.9 Å². The topological polar surface area (TPSA) is 56.7 Å². The highest BCUT2D eigenvalue weighted by atomic mass is 35.5. The fourth-order valence-electron chi connectivity index (χ4n) is 1.76. The van der Waals surface area contributed by atoms with Gasteiger partial charge in [-0.25, -0.2) is 0 Å². The van der Waals surface area contributed by atoms with Crippen molar-refractivity contribution in [3.05, 3.63) is 40.5 Å². The third-order valence-electron chi connectivity index (χ3n) is 2.78. The molecule has 0 N–H and O–H groups in total. The Morgan fingerprint density at radius 2 is 2.10 bits per heavy atom. The van der Waals surface area contributed by atoms with Gasteiger partial charge in [0.2, 0.25) is 5.82 Å². The van der Waals surface area contributed by atoms with E-state index in [0.717, 1.165) is 6.54 Å². The van der Waals surface area contributed by atoms with E-state index in [2.05, 4.69) is 15.2 Å². The Bertz CT molecular complexity index is 750. The van der Waals surface area contributed by atoms with Gasteiger partial charge < -0.3 is 4.52 Å². The number of benzene rings is 1. The second kappa shape index (κ2) is 5.26. The first-order valence-corrected chi connectivity index (χ1v) is 6.76. The zero-order valence-corrected chi connectivity index (χ0v) is 12.1. The van der Waals surface area contributed by atoms with Crippen molar-refractivity contribution in [1.29, 1.82) is 0 Å². The summed E-state index contributed by atoms with van der Waals surface area (Å²) in [6, 6.07) is 6.94. The Morgan fingerprint density at radius 1 is 1.25 bits per heavy atom. The largest absolute Gasteiger partial charge is 0.332 e. The first-order chi connectivity index (χ1) is 9.67. The fourth-order valence-corrected chi connectivity index (χ4v) is 2.25. The number of hydrogen-bond donors (Lipinski definition) is 0. The van der Waals surface area contributed by atoms with E-state index in [9.17, 15) is 0 Å². The lowest BCUT2D eigenvalue weighted by atomic mass is 10.2. The Kier molecular flexibility index (Phi) is 3.46. The first kappa shape index (κ1) is 13.1. The van der Waals surface area contributed by atoms with Crippen molar-refractivity contribution in [2.24, 2.45) is 0 Å². The fraction of sp³-hybridized carbons (Fsp3) is 0.154. The van der Waals surface area contributed by atoms with Crippen molar-refractivity contribution in [1.82, 2.24) is 19.9 Å². The molecule has 102 valence electrons. The molecule has 0 saturated carbocycles. The summed E-state index contributed by atoms with van der Waals surface area (Å²) in [6.07, 6.45) is 1.86. The van der Waals surface area contributed by atoms with E-state index < -0.39 is 0 Å². The summed E-state index contributed by atoms with van der Waals surface area (Å²) >= 11 is 12.0. The van der Waals surface area contributed by atoms with E-state index in [1.807, 2.05) is 19.2 Å². The van der Waals surface area contributed by atoms with Gasteiger partial charge in [0.1, 0.15) is 0 Å². The van der Waals surface area contributed by atoms with Crippen LogP contribution < -0.4 is 0 Å². The number of rotatable bonds is 3. The predicted molar refractivity (Wildman–Crippen MR) is 76.6 cm³/mol. The molecule has 0 unspecified atom stereocenters. The molecule has 0 radical (unpaired) electrons. The molecule has 5 nitrogen and oxygen atoms in total. The van der Waals surface area contributed by atoms with Crippen LogP contribution in [0.2, 0.25) is 10.0 Å². The third kappa shape index (κ3) is 2.42. The van der Waals surface area contributed by atoms with E-state index in [-0.39, 0.29) is 0 Å². The van der Waals surface area contributed by atoms with Crippen molar-refractivity contribution in [3.63, 3.8) is 0 Å². The maximum absolute atomic E-state index is 6.12. The molecule has 0 spiro atoms. The van der Waals surface area contributed by atoms with Gasteiger partial charge in [-0.1, -0.05) is 28.4 Å². The van der Waals surface area contributed by atoms with Crippen molar-refractivity contribution in [2.75, 3.05) is 0 Å². The first-order valence-electron chi connectivity index (χ1n) is 6.00. The zero-order valence-electron chi connectivity index (χ0n) is 10.5. The van der Waals surface area contributed by atoms with Crippen molar-refractivity contribution in [2.45, 2.75) is 13.5 Å². The van der Waals surface area contributed by atoms with Crippen LogP contribution in [0.1, 0.15) is 6.92 Å². The van der Waals surface area contributed by atoms with E-state index in [0.29, 0.717) is 33.0 Å². The minimum Gasteiger partial charge on any atom is -0.332 e. The van der Waals surface area contributed by atoms with Gasteiger partial charge in [-0.15, -0.1) is 0 Å². The summed E-state index contributed by atoms with van der Waals surface area (Å²) in [7, 11) is 0. The monoisotopic (exact) mass is 308 g/mol. The van der Waals surface area contributed by atoms with Crippen LogP contribution in [0.3, 0.4) is 0 Å². The number of halogens is 2. The van der Waals surface area contributed by atoms with Gasteiger partial charge in [0.15, 0.2) is 5.69 Å². The van der Waals surface area contributed by atoms with Crippen LogP contribution >= 0.6 is 23.2 Å². The molecule has 0 saturated heterocycles. The molecule has 20 heavy (non-hydrogen) atoms. The molecular weight excluding hydrogens is 299 g/mol. The molecular formula is C13H10Cl2N4O. The Morgan fingerprint density at radius 3 is 2.80 bits per heavy atom.